The number of amides is 2. The lowest BCUT2D eigenvalue weighted by molar-refractivity contribution is -0.128. The summed E-state index contributed by atoms with van der Waals surface area (Å²) in [7, 11) is -3.85. The van der Waals surface area contributed by atoms with Gasteiger partial charge < -0.3 is 10.6 Å². The number of nitrogens with zero attached hydrogens (tertiary/aromatic N) is 1. The van der Waals surface area contributed by atoms with Crippen LogP contribution in [0, 0.1) is 5.92 Å². The van der Waals surface area contributed by atoms with Crippen molar-refractivity contribution in [1.82, 2.24) is 14.9 Å². The van der Waals surface area contributed by atoms with Crippen LogP contribution in [0.5, 0.6) is 0 Å². The highest BCUT2D eigenvalue weighted by molar-refractivity contribution is 7.89. The lowest BCUT2D eigenvalue weighted by Crippen LogP contribution is -2.59. The third-order valence-electron chi connectivity index (χ3n) is 4.45. The molecule has 0 bridgehead atoms. The van der Waals surface area contributed by atoms with Crippen molar-refractivity contribution in [2.24, 2.45) is 5.92 Å². The minimum atomic E-state index is -3.85. The molecule has 0 spiro atoms. The third kappa shape index (κ3) is 2.80. The van der Waals surface area contributed by atoms with Gasteiger partial charge in [-0.2, -0.15) is 4.31 Å². The molecule has 1 unspecified atom stereocenters. The van der Waals surface area contributed by atoms with E-state index in [1.165, 1.54) is 16.4 Å². The van der Waals surface area contributed by atoms with E-state index in [1.807, 2.05) is 13.8 Å². The molecule has 8 heteroatoms. The molecule has 1 atom stereocenters. The molecular weight excluding hydrogens is 330 g/mol. The number of piperazine rings is 1. The van der Waals surface area contributed by atoms with Crippen molar-refractivity contribution in [2.75, 3.05) is 19.6 Å². The molecule has 0 saturated carbocycles. The van der Waals surface area contributed by atoms with Crippen molar-refractivity contribution >= 4 is 21.8 Å². The van der Waals surface area contributed by atoms with Gasteiger partial charge in [-0.3, -0.25) is 9.59 Å². The fourth-order valence-electron chi connectivity index (χ4n) is 3.26. The van der Waals surface area contributed by atoms with Crippen molar-refractivity contribution < 1.29 is 18.0 Å². The molecule has 0 radical (unpaired) electrons. The van der Waals surface area contributed by atoms with Crippen LogP contribution in [-0.2, 0) is 21.2 Å². The van der Waals surface area contributed by atoms with Gasteiger partial charge in [-0.15, -0.1) is 0 Å². The predicted molar refractivity (Wildman–Crippen MR) is 88.0 cm³/mol. The molecule has 2 aliphatic heterocycles. The van der Waals surface area contributed by atoms with Crippen molar-refractivity contribution in [3.8, 4) is 0 Å². The number of hydrogen-bond acceptors (Lipinski definition) is 4. The van der Waals surface area contributed by atoms with E-state index in [-0.39, 0.29) is 35.7 Å². The maximum Gasteiger partial charge on any atom is 0.251 e. The second-order valence-electron chi connectivity index (χ2n) is 6.42. The maximum atomic E-state index is 13.1. The fraction of sp³-hybridized carbons (Fsp3) is 0.500. The Balaban J connectivity index is 2.02. The molecule has 0 aromatic heterocycles. The highest BCUT2D eigenvalue weighted by Gasteiger charge is 2.40. The number of fused-ring (bicyclic) bond motifs is 1. The molecule has 2 N–H and O–H groups in total. The molecule has 1 aromatic carbocycles. The molecular formula is C16H21N3O4S. The van der Waals surface area contributed by atoms with Gasteiger partial charge in [0.25, 0.3) is 5.91 Å². The highest BCUT2D eigenvalue weighted by atomic mass is 32.2. The zero-order chi connectivity index (χ0) is 17.5. The van der Waals surface area contributed by atoms with Crippen molar-refractivity contribution in [2.45, 2.75) is 31.2 Å². The van der Waals surface area contributed by atoms with Gasteiger partial charge in [0.2, 0.25) is 15.9 Å². The van der Waals surface area contributed by atoms with Crippen molar-refractivity contribution in [3.05, 3.63) is 29.3 Å². The Hall–Kier alpha value is -1.93. The van der Waals surface area contributed by atoms with Gasteiger partial charge in [0.15, 0.2) is 0 Å². The van der Waals surface area contributed by atoms with Gasteiger partial charge in [0.1, 0.15) is 6.04 Å². The summed E-state index contributed by atoms with van der Waals surface area (Å²) in [6, 6.07) is 3.89. The van der Waals surface area contributed by atoms with Crippen LogP contribution in [0.1, 0.15) is 29.8 Å². The van der Waals surface area contributed by atoms with Crippen LogP contribution >= 0.6 is 0 Å². The lowest BCUT2D eigenvalue weighted by atomic mass is 10.0. The van der Waals surface area contributed by atoms with E-state index < -0.39 is 16.1 Å². The maximum absolute atomic E-state index is 13.1. The van der Waals surface area contributed by atoms with E-state index in [4.69, 9.17) is 0 Å². The van der Waals surface area contributed by atoms with Gasteiger partial charge in [-0.25, -0.2) is 8.42 Å². The van der Waals surface area contributed by atoms with E-state index in [2.05, 4.69) is 10.6 Å². The molecule has 7 nitrogen and oxygen atoms in total. The number of benzene rings is 1. The monoisotopic (exact) mass is 351 g/mol. The Bertz CT molecular complexity index is 789. The Morgan fingerprint density at radius 2 is 1.92 bits per heavy atom. The van der Waals surface area contributed by atoms with Crippen LogP contribution in [0.2, 0.25) is 0 Å². The average molecular weight is 351 g/mol. The van der Waals surface area contributed by atoms with E-state index in [0.717, 1.165) is 5.56 Å². The average Bonchev–Trinajstić information content (AvgIpc) is 2.54. The second kappa shape index (κ2) is 6.18. The summed E-state index contributed by atoms with van der Waals surface area (Å²) in [4.78, 5) is 24.2. The second-order valence-corrected chi connectivity index (χ2v) is 8.31. The quantitative estimate of drug-likeness (QED) is 0.808. The minimum Gasteiger partial charge on any atom is -0.353 e. The van der Waals surface area contributed by atoms with E-state index in [9.17, 15) is 18.0 Å². The van der Waals surface area contributed by atoms with Gasteiger partial charge in [-0.1, -0.05) is 19.9 Å². The summed E-state index contributed by atoms with van der Waals surface area (Å²) >= 11 is 0. The molecule has 2 aliphatic rings. The molecule has 3 rings (SSSR count). The number of rotatable bonds is 3. The van der Waals surface area contributed by atoms with Crippen LogP contribution in [0.3, 0.4) is 0 Å². The summed E-state index contributed by atoms with van der Waals surface area (Å²) < 4.78 is 27.4. The number of sulfonamides is 1. The summed E-state index contributed by atoms with van der Waals surface area (Å²) in [6.07, 6.45) is 0.683. The molecule has 1 aromatic rings. The van der Waals surface area contributed by atoms with Gasteiger partial charge in [0.05, 0.1) is 4.90 Å². The number of hydrogen-bond donors (Lipinski definition) is 2. The molecule has 1 fully saturated rings. The Kier molecular flexibility index (Phi) is 4.35. The number of carbonyl (C=O) groups excluding carboxylic acids is 2. The van der Waals surface area contributed by atoms with Crippen molar-refractivity contribution in [1.29, 1.82) is 0 Å². The summed E-state index contributed by atoms with van der Waals surface area (Å²) in [5.41, 5.74) is 1.24. The summed E-state index contributed by atoms with van der Waals surface area (Å²) in [5.74, 6) is -0.693. The van der Waals surface area contributed by atoms with Crippen molar-refractivity contribution in [3.63, 3.8) is 0 Å². The molecule has 1 saturated heterocycles. The van der Waals surface area contributed by atoms with E-state index in [0.29, 0.717) is 18.5 Å². The lowest BCUT2D eigenvalue weighted by Gasteiger charge is -2.36. The summed E-state index contributed by atoms with van der Waals surface area (Å²) in [5, 5.41) is 5.43. The zero-order valence-electron chi connectivity index (χ0n) is 13.7. The van der Waals surface area contributed by atoms with Crippen LogP contribution < -0.4 is 10.6 Å². The third-order valence-corrected chi connectivity index (χ3v) is 6.33. The van der Waals surface area contributed by atoms with E-state index >= 15 is 0 Å². The van der Waals surface area contributed by atoms with Crippen LogP contribution in [0.25, 0.3) is 0 Å². The number of nitrogens with one attached hydrogen (secondary N) is 2. The highest BCUT2D eigenvalue weighted by Crippen LogP contribution is 2.26. The summed E-state index contributed by atoms with van der Waals surface area (Å²) in [6.45, 7) is 4.70. The first kappa shape index (κ1) is 16.9. The van der Waals surface area contributed by atoms with E-state index in [1.54, 1.807) is 6.07 Å². The first-order valence-electron chi connectivity index (χ1n) is 8.03. The Morgan fingerprint density at radius 3 is 2.62 bits per heavy atom. The first-order valence-corrected chi connectivity index (χ1v) is 9.47. The Morgan fingerprint density at radius 1 is 1.17 bits per heavy atom. The van der Waals surface area contributed by atoms with Crippen LogP contribution in [0.15, 0.2) is 23.1 Å². The Labute approximate surface area is 141 Å². The van der Waals surface area contributed by atoms with Gasteiger partial charge in [-0.05, 0) is 30.0 Å². The number of carbonyl (C=O) groups is 2. The normalized spacial score (nSPS) is 22.0. The SMILES string of the molecule is CC(C)C1C(=O)NCCN1S(=O)(=O)c1ccc2c(c1)C(=O)NCC2. The van der Waals surface area contributed by atoms with Gasteiger partial charge in [0, 0.05) is 25.2 Å². The first-order chi connectivity index (χ1) is 11.3. The molecule has 2 heterocycles. The largest absolute Gasteiger partial charge is 0.353 e. The standard InChI is InChI=1S/C16H21N3O4S/c1-10(2)14-16(21)18-7-8-19(14)24(22,23)12-4-3-11-5-6-17-15(20)13(11)9-12/h3-4,9-10,14H,5-8H2,1-2H3,(H,17,20)(H,18,21). The topological polar surface area (TPSA) is 95.6 Å². The zero-order valence-corrected chi connectivity index (χ0v) is 14.5. The molecule has 0 aliphatic carbocycles. The van der Waals surface area contributed by atoms with Crippen LogP contribution in [0.4, 0.5) is 0 Å². The fourth-order valence-corrected chi connectivity index (χ4v) is 5.00. The molecule has 24 heavy (non-hydrogen) atoms. The molecule has 2 amide bonds. The minimum absolute atomic E-state index is 0.0543. The molecule has 130 valence electrons. The van der Waals surface area contributed by atoms with Gasteiger partial charge >= 0.3 is 0 Å². The van der Waals surface area contributed by atoms with Crippen LogP contribution in [-0.4, -0.2) is 50.2 Å². The predicted octanol–water partition coefficient (Wildman–Crippen LogP) is 0.118. The smallest absolute Gasteiger partial charge is 0.251 e.